The van der Waals surface area contributed by atoms with E-state index in [1.807, 2.05) is 0 Å². The summed E-state index contributed by atoms with van der Waals surface area (Å²) in [5, 5.41) is 15.7. The Balaban J connectivity index is 1.59. The zero-order chi connectivity index (χ0) is 14.8. The molecule has 0 aromatic heterocycles. The number of hydrogen-bond donors (Lipinski definition) is 3. The lowest BCUT2D eigenvalue weighted by Gasteiger charge is -2.29. The highest BCUT2D eigenvalue weighted by Gasteiger charge is 2.27. The number of aliphatic hydroxyl groups excluding tert-OH is 1. The second-order valence-electron chi connectivity index (χ2n) is 6.01. The van der Waals surface area contributed by atoms with E-state index in [9.17, 15) is 14.3 Å². The third-order valence-electron chi connectivity index (χ3n) is 4.53. The Kier molecular flexibility index (Phi) is 4.10. The van der Waals surface area contributed by atoms with Crippen molar-refractivity contribution in [3.63, 3.8) is 0 Å². The van der Waals surface area contributed by atoms with E-state index in [2.05, 4.69) is 10.6 Å². The average molecular weight is 292 g/mol. The van der Waals surface area contributed by atoms with Gasteiger partial charge in [-0.25, -0.2) is 9.18 Å². The van der Waals surface area contributed by atoms with Gasteiger partial charge in [0, 0.05) is 0 Å². The van der Waals surface area contributed by atoms with Crippen molar-refractivity contribution in [1.29, 1.82) is 0 Å². The van der Waals surface area contributed by atoms with Gasteiger partial charge in [-0.2, -0.15) is 0 Å². The molecule has 0 heterocycles. The minimum Gasteiger partial charge on any atom is -0.391 e. The molecule has 0 spiro atoms. The third kappa shape index (κ3) is 3.18. The van der Waals surface area contributed by atoms with Gasteiger partial charge in [-0.15, -0.1) is 0 Å². The van der Waals surface area contributed by atoms with E-state index in [1.54, 1.807) is 12.1 Å². The van der Waals surface area contributed by atoms with E-state index >= 15 is 0 Å². The lowest BCUT2D eigenvalue weighted by molar-refractivity contribution is 0.0940. The van der Waals surface area contributed by atoms with E-state index in [-0.39, 0.29) is 23.9 Å². The number of halogens is 1. The first-order valence-corrected chi connectivity index (χ1v) is 7.67. The van der Waals surface area contributed by atoms with Crippen LogP contribution >= 0.6 is 0 Å². The Morgan fingerprint density at radius 3 is 2.81 bits per heavy atom. The van der Waals surface area contributed by atoms with Gasteiger partial charge in [0.15, 0.2) is 0 Å². The summed E-state index contributed by atoms with van der Waals surface area (Å²) in [5.41, 5.74) is 1.97. The van der Waals surface area contributed by atoms with Crippen LogP contribution in [0.5, 0.6) is 0 Å². The van der Waals surface area contributed by atoms with Gasteiger partial charge in [-0.3, -0.25) is 0 Å². The number of amides is 2. The molecule has 0 saturated heterocycles. The van der Waals surface area contributed by atoms with Gasteiger partial charge in [-0.05, 0) is 48.9 Å². The fourth-order valence-electron chi connectivity index (χ4n) is 3.38. The molecule has 1 saturated carbocycles. The van der Waals surface area contributed by atoms with Gasteiger partial charge < -0.3 is 15.7 Å². The van der Waals surface area contributed by atoms with Crippen LogP contribution in [0.3, 0.4) is 0 Å². The number of carbonyl (C=O) groups is 1. The van der Waals surface area contributed by atoms with Crippen molar-refractivity contribution in [1.82, 2.24) is 10.6 Å². The molecule has 0 aliphatic heterocycles. The monoisotopic (exact) mass is 292 g/mol. The number of carbonyl (C=O) groups excluding carboxylic acids is 1. The molecule has 2 amide bonds. The SMILES string of the molecule is O=C(NC1CCc2cc(F)ccc21)NC1CCCCC1O. The van der Waals surface area contributed by atoms with Gasteiger partial charge in [-0.1, -0.05) is 18.9 Å². The lowest BCUT2D eigenvalue weighted by Crippen LogP contribution is -2.49. The van der Waals surface area contributed by atoms with E-state index in [0.717, 1.165) is 49.7 Å². The molecule has 2 aliphatic carbocycles. The van der Waals surface area contributed by atoms with Gasteiger partial charge in [0.05, 0.1) is 18.2 Å². The summed E-state index contributed by atoms with van der Waals surface area (Å²) in [7, 11) is 0. The van der Waals surface area contributed by atoms with Crippen LogP contribution in [-0.4, -0.2) is 23.3 Å². The molecule has 3 N–H and O–H groups in total. The van der Waals surface area contributed by atoms with Crippen molar-refractivity contribution >= 4 is 6.03 Å². The number of nitrogens with one attached hydrogen (secondary N) is 2. The van der Waals surface area contributed by atoms with Crippen LogP contribution in [0.1, 0.15) is 49.3 Å². The van der Waals surface area contributed by atoms with E-state index in [0.29, 0.717) is 0 Å². The molecule has 3 atom stereocenters. The fraction of sp³-hybridized carbons (Fsp3) is 0.562. The zero-order valence-electron chi connectivity index (χ0n) is 11.9. The highest BCUT2D eigenvalue weighted by Crippen LogP contribution is 2.31. The van der Waals surface area contributed by atoms with Crippen LogP contribution in [0.4, 0.5) is 9.18 Å². The number of rotatable bonds is 2. The first kappa shape index (κ1) is 14.3. The second-order valence-corrected chi connectivity index (χ2v) is 6.01. The number of hydrogen-bond acceptors (Lipinski definition) is 2. The molecule has 1 aromatic rings. The summed E-state index contributed by atoms with van der Waals surface area (Å²) in [5.74, 6) is -0.232. The van der Waals surface area contributed by atoms with E-state index in [4.69, 9.17) is 0 Å². The average Bonchev–Trinajstić information content (AvgIpc) is 2.83. The lowest BCUT2D eigenvalue weighted by atomic mass is 9.93. The Labute approximate surface area is 123 Å². The number of benzene rings is 1. The second kappa shape index (κ2) is 6.02. The first-order valence-electron chi connectivity index (χ1n) is 7.67. The van der Waals surface area contributed by atoms with Crippen molar-refractivity contribution in [3.8, 4) is 0 Å². The number of urea groups is 1. The first-order chi connectivity index (χ1) is 10.1. The quantitative estimate of drug-likeness (QED) is 0.784. The molecule has 0 radical (unpaired) electrons. The van der Waals surface area contributed by atoms with Crippen LogP contribution in [0.15, 0.2) is 18.2 Å². The molecule has 0 bridgehead atoms. The highest BCUT2D eigenvalue weighted by atomic mass is 19.1. The van der Waals surface area contributed by atoms with Gasteiger partial charge in [0.25, 0.3) is 0 Å². The zero-order valence-corrected chi connectivity index (χ0v) is 11.9. The fourth-order valence-corrected chi connectivity index (χ4v) is 3.38. The topological polar surface area (TPSA) is 61.4 Å². The molecule has 1 aromatic carbocycles. The maximum atomic E-state index is 13.2. The van der Waals surface area contributed by atoms with Crippen LogP contribution in [0.2, 0.25) is 0 Å². The molecular formula is C16H21FN2O2. The van der Waals surface area contributed by atoms with Gasteiger partial charge in [0.1, 0.15) is 5.82 Å². The Morgan fingerprint density at radius 1 is 1.19 bits per heavy atom. The molecule has 1 fully saturated rings. The van der Waals surface area contributed by atoms with Gasteiger partial charge in [0.2, 0.25) is 0 Å². The maximum Gasteiger partial charge on any atom is 0.315 e. The van der Waals surface area contributed by atoms with Crippen molar-refractivity contribution in [2.45, 2.75) is 56.7 Å². The summed E-state index contributed by atoms with van der Waals surface area (Å²) in [4.78, 5) is 12.1. The van der Waals surface area contributed by atoms with Crippen molar-refractivity contribution in [3.05, 3.63) is 35.1 Å². The van der Waals surface area contributed by atoms with Gasteiger partial charge >= 0.3 is 6.03 Å². The standard InChI is InChI=1S/C16H21FN2O2/c17-11-6-7-12-10(9-11)5-8-13(12)18-16(21)19-14-3-1-2-4-15(14)20/h6-7,9,13-15,20H,1-5,8H2,(H2,18,19,21). The largest absolute Gasteiger partial charge is 0.391 e. The molecule has 3 rings (SSSR count). The summed E-state index contributed by atoms with van der Waals surface area (Å²) in [6.07, 6.45) is 4.74. The Morgan fingerprint density at radius 2 is 2.00 bits per heavy atom. The smallest absolute Gasteiger partial charge is 0.315 e. The van der Waals surface area contributed by atoms with Crippen molar-refractivity contribution < 1.29 is 14.3 Å². The maximum absolute atomic E-state index is 13.2. The molecule has 4 nitrogen and oxygen atoms in total. The number of fused-ring (bicyclic) bond motifs is 1. The molecule has 5 heteroatoms. The van der Waals surface area contributed by atoms with Crippen LogP contribution in [0.25, 0.3) is 0 Å². The summed E-state index contributed by atoms with van der Waals surface area (Å²) >= 11 is 0. The molecule has 3 unspecified atom stereocenters. The Bertz CT molecular complexity index is 535. The third-order valence-corrected chi connectivity index (χ3v) is 4.53. The van der Waals surface area contributed by atoms with Crippen molar-refractivity contribution in [2.24, 2.45) is 0 Å². The van der Waals surface area contributed by atoms with E-state index < -0.39 is 6.10 Å². The van der Waals surface area contributed by atoms with Crippen LogP contribution in [0, 0.1) is 5.82 Å². The Hall–Kier alpha value is -1.62. The van der Waals surface area contributed by atoms with Crippen LogP contribution in [-0.2, 0) is 6.42 Å². The van der Waals surface area contributed by atoms with E-state index in [1.165, 1.54) is 6.07 Å². The highest BCUT2D eigenvalue weighted by molar-refractivity contribution is 5.75. The normalized spacial score (nSPS) is 28.0. The number of aryl methyl sites for hydroxylation is 1. The minimum absolute atomic E-state index is 0.0682. The summed E-state index contributed by atoms with van der Waals surface area (Å²) in [6.45, 7) is 0. The molecule has 2 aliphatic rings. The van der Waals surface area contributed by atoms with Crippen LogP contribution < -0.4 is 10.6 Å². The predicted molar refractivity (Wildman–Crippen MR) is 77.4 cm³/mol. The molecule has 114 valence electrons. The molecular weight excluding hydrogens is 271 g/mol. The minimum atomic E-state index is -0.450. The van der Waals surface area contributed by atoms with Crippen molar-refractivity contribution in [2.75, 3.05) is 0 Å². The predicted octanol–water partition coefficient (Wildman–Crippen LogP) is 2.42. The molecule has 21 heavy (non-hydrogen) atoms. The number of aliphatic hydroxyl groups is 1. The summed E-state index contributed by atoms with van der Waals surface area (Å²) in [6, 6.07) is 4.25. The summed E-state index contributed by atoms with van der Waals surface area (Å²) < 4.78 is 13.2.